The third kappa shape index (κ3) is 4.32. The van der Waals surface area contributed by atoms with E-state index in [1.165, 1.54) is 0 Å². The van der Waals surface area contributed by atoms with E-state index in [0.29, 0.717) is 0 Å². The molecular weight excluding hydrogens is 146 g/mol. The van der Waals surface area contributed by atoms with E-state index in [1.54, 1.807) is 0 Å². The highest BCUT2D eigenvalue weighted by molar-refractivity contribution is 5.87. The molecule has 0 aromatic rings. The average molecular weight is 158 g/mol. The van der Waals surface area contributed by atoms with Crippen molar-refractivity contribution in [3.05, 3.63) is 6.92 Å². The fourth-order valence-corrected chi connectivity index (χ4v) is 0.564. The summed E-state index contributed by atoms with van der Waals surface area (Å²) in [6, 6.07) is -0.853. The molecule has 5 nitrogen and oxygen atoms in total. The fraction of sp³-hybridized carbons (Fsp3) is 0.500. The molecule has 0 rings (SSSR count). The van der Waals surface area contributed by atoms with E-state index in [4.69, 9.17) is 11.5 Å². The van der Waals surface area contributed by atoms with Crippen LogP contribution in [-0.4, -0.2) is 24.4 Å². The first-order valence-electron chi connectivity index (χ1n) is 3.18. The highest BCUT2D eigenvalue weighted by Crippen LogP contribution is 1.85. The van der Waals surface area contributed by atoms with Gasteiger partial charge in [-0.15, -0.1) is 0 Å². The zero-order chi connectivity index (χ0) is 8.85. The van der Waals surface area contributed by atoms with E-state index in [9.17, 15) is 9.59 Å². The molecule has 0 heterocycles. The molecular formula is C6H12N3O2. The number of hydrogen-bond acceptors (Lipinski definition) is 3. The lowest BCUT2D eigenvalue weighted by Crippen LogP contribution is -2.42. The number of carbonyl (C=O) groups is 2. The van der Waals surface area contributed by atoms with Gasteiger partial charge in [-0.05, 0) is 6.92 Å². The molecule has 0 fully saturated rings. The number of carbonyl (C=O) groups excluding carboxylic acids is 2. The third-order valence-electron chi connectivity index (χ3n) is 1.06. The van der Waals surface area contributed by atoms with Crippen molar-refractivity contribution in [3.8, 4) is 0 Å². The first kappa shape index (κ1) is 9.90. The van der Waals surface area contributed by atoms with Crippen LogP contribution in [0.4, 0.5) is 0 Å². The third-order valence-corrected chi connectivity index (χ3v) is 1.06. The molecule has 1 atom stereocenters. The number of hydrogen-bond donors (Lipinski definition) is 3. The lowest BCUT2D eigenvalue weighted by molar-refractivity contribution is -0.126. The summed E-state index contributed by atoms with van der Waals surface area (Å²) < 4.78 is 0. The van der Waals surface area contributed by atoms with Gasteiger partial charge in [-0.2, -0.15) is 0 Å². The Kier molecular flexibility index (Phi) is 4.21. The van der Waals surface area contributed by atoms with E-state index < -0.39 is 17.9 Å². The highest BCUT2D eigenvalue weighted by atomic mass is 16.2. The standard InChI is InChI=1S/C6H12N3O2/c1-2-9-6(11)4(7)3-5(8)10/h4H,1-3,7H2,(H2,8,10)(H,9,11). The van der Waals surface area contributed by atoms with Crippen molar-refractivity contribution in [1.29, 1.82) is 0 Å². The molecule has 0 aromatic carbocycles. The van der Waals surface area contributed by atoms with Gasteiger partial charge in [0.2, 0.25) is 11.8 Å². The zero-order valence-corrected chi connectivity index (χ0v) is 6.17. The zero-order valence-electron chi connectivity index (χ0n) is 6.17. The van der Waals surface area contributed by atoms with Gasteiger partial charge in [0.05, 0.1) is 12.5 Å². The van der Waals surface area contributed by atoms with Crippen LogP contribution in [0.1, 0.15) is 6.42 Å². The van der Waals surface area contributed by atoms with E-state index in [-0.39, 0.29) is 13.0 Å². The Bertz CT molecular complexity index is 158. The number of rotatable bonds is 4. The molecule has 63 valence electrons. The van der Waals surface area contributed by atoms with Crippen LogP contribution in [0.15, 0.2) is 0 Å². The molecule has 1 radical (unpaired) electrons. The summed E-state index contributed by atoms with van der Waals surface area (Å²) in [5.41, 5.74) is 10.1. The SMILES string of the molecule is [CH2]CNC(=O)C(N)CC(N)=O. The molecule has 0 aliphatic carbocycles. The van der Waals surface area contributed by atoms with Crippen molar-refractivity contribution >= 4 is 11.8 Å². The molecule has 5 N–H and O–H groups in total. The molecule has 2 amide bonds. The topological polar surface area (TPSA) is 98.2 Å². The molecule has 0 spiro atoms. The van der Waals surface area contributed by atoms with Gasteiger partial charge in [-0.1, -0.05) is 0 Å². The predicted molar refractivity (Wildman–Crippen MR) is 40.2 cm³/mol. The Hall–Kier alpha value is -1.10. The van der Waals surface area contributed by atoms with Gasteiger partial charge in [0.15, 0.2) is 0 Å². The molecule has 0 aliphatic heterocycles. The minimum Gasteiger partial charge on any atom is -0.370 e. The smallest absolute Gasteiger partial charge is 0.237 e. The maximum atomic E-state index is 10.8. The molecule has 0 saturated heterocycles. The molecule has 1 unspecified atom stereocenters. The molecule has 0 aromatic heterocycles. The normalized spacial score (nSPS) is 12.2. The summed E-state index contributed by atoms with van der Waals surface area (Å²) in [5, 5.41) is 2.37. The Morgan fingerprint density at radius 2 is 2.09 bits per heavy atom. The Labute approximate surface area is 65.1 Å². The monoisotopic (exact) mass is 158 g/mol. The van der Waals surface area contributed by atoms with Crippen molar-refractivity contribution in [2.75, 3.05) is 6.54 Å². The van der Waals surface area contributed by atoms with E-state index in [1.807, 2.05) is 0 Å². The number of nitrogens with one attached hydrogen (secondary N) is 1. The second-order valence-electron chi connectivity index (χ2n) is 2.07. The van der Waals surface area contributed by atoms with Crippen LogP contribution in [0, 0.1) is 6.92 Å². The van der Waals surface area contributed by atoms with Gasteiger partial charge in [0.25, 0.3) is 0 Å². The highest BCUT2D eigenvalue weighted by Gasteiger charge is 2.14. The quantitative estimate of drug-likeness (QED) is 0.447. The van der Waals surface area contributed by atoms with Crippen LogP contribution in [0.2, 0.25) is 0 Å². The first-order valence-corrected chi connectivity index (χ1v) is 3.18. The first-order chi connectivity index (χ1) is 5.07. The van der Waals surface area contributed by atoms with Crippen molar-refractivity contribution in [1.82, 2.24) is 5.32 Å². The van der Waals surface area contributed by atoms with Gasteiger partial charge in [0.1, 0.15) is 0 Å². The summed E-state index contributed by atoms with van der Waals surface area (Å²) in [4.78, 5) is 21.1. The number of amides is 2. The Morgan fingerprint density at radius 3 is 2.45 bits per heavy atom. The summed E-state index contributed by atoms with van der Waals surface area (Å²) in [6.45, 7) is 3.64. The lowest BCUT2D eigenvalue weighted by Gasteiger charge is -2.07. The van der Waals surface area contributed by atoms with Gasteiger partial charge in [-0.25, -0.2) is 0 Å². The van der Waals surface area contributed by atoms with Crippen LogP contribution >= 0.6 is 0 Å². The van der Waals surface area contributed by atoms with Crippen LogP contribution in [0.3, 0.4) is 0 Å². The summed E-state index contributed by atoms with van der Waals surface area (Å²) in [7, 11) is 0. The molecule has 11 heavy (non-hydrogen) atoms. The molecule has 0 saturated carbocycles. The largest absolute Gasteiger partial charge is 0.370 e. The maximum Gasteiger partial charge on any atom is 0.237 e. The fourth-order valence-electron chi connectivity index (χ4n) is 0.564. The van der Waals surface area contributed by atoms with Crippen molar-refractivity contribution in [2.45, 2.75) is 12.5 Å². The van der Waals surface area contributed by atoms with Gasteiger partial charge in [-0.3, -0.25) is 9.59 Å². The maximum absolute atomic E-state index is 10.8. The predicted octanol–water partition coefficient (Wildman–Crippen LogP) is -1.86. The van der Waals surface area contributed by atoms with Crippen LogP contribution in [0.25, 0.3) is 0 Å². The minimum atomic E-state index is -0.853. The van der Waals surface area contributed by atoms with Gasteiger partial charge < -0.3 is 16.8 Å². The minimum absolute atomic E-state index is 0.133. The lowest BCUT2D eigenvalue weighted by atomic mass is 10.2. The van der Waals surface area contributed by atoms with Crippen molar-refractivity contribution < 1.29 is 9.59 Å². The molecule has 0 aliphatic rings. The summed E-state index contributed by atoms with van der Waals surface area (Å²) in [5.74, 6) is -0.990. The van der Waals surface area contributed by atoms with Crippen molar-refractivity contribution in [3.63, 3.8) is 0 Å². The molecule has 5 heteroatoms. The van der Waals surface area contributed by atoms with Crippen LogP contribution < -0.4 is 16.8 Å². The second kappa shape index (κ2) is 4.68. The van der Waals surface area contributed by atoms with Crippen LogP contribution in [0.5, 0.6) is 0 Å². The van der Waals surface area contributed by atoms with Crippen molar-refractivity contribution in [2.24, 2.45) is 11.5 Å². The number of primary amides is 1. The van der Waals surface area contributed by atoms with E-state index >= 15 is 0 Å². The molecule has 0 bridgehead atoms. The summed E-state index contributed by atoms with van der Waals surface area (Å²) >= 11 is 0. The van der Waals surface area contributed by atoms with Gasteiger partial charge >= 0.3 is 0 Å². The average Bonchev–Trinajstić information content (AvgIpc) is 1.86. The van der Waals surface area contributed by atoms with E-state index in [2.05, 4.69) is 12.2 Å². The summed E-state index contributed by atoms with van der Waals surface area (Å²) in [6.07, 6.45) is -0.133. The van der Waals surface area contributed by atoms with Gasteiger partial charge in [0, 0.05) is 6.54 Å². The van der Waals surface area contributed by atoms with E-state index in [0.717, 1.165) is 0 Å². The van der Waals surface area contributed by atoms with Crippen LogP contribution in [-0.2, 0) is 9.59 Å². The second-order valence-corrected chi connectivity index (χ2v) is 2.07. The Morgan fingerprint density at radius 1 is 1.55 bits per heavy atom. The number of nitrogens with two attached hydrogens (primary N) is 2. The Balaban J connectivity index is 3.73.